The normalized spacial score (nSPS) is 19.3. The predicted molar refractivity (Wildman–Crippen MR) is 63.0 cm³/mol. The van der Waals surface area contributed by atoms with Gasteiger partial charge in [-0.05, 0) is 25.7 Å². The average Bonchev–Trinajstić information content (AvgIpc) is 2.82. The highest BCUT2D eigenvalue weighted by Crippen LogP contribution is 2.19. The molecule has 0 saturated carbocycles. The van der Waals surface area contributed by atoms with Crippen LogP contribution in [0.5, 0.6) is 0 Å². The zero-order valence-electron chi connectivity index (χ0n) is 10.1. The molecule has 2 N–H and O–H groups in total. The topological polar surface area (TPSA) is 77.0 Å². The Morgan fingerprint density at radius 2 is 2.24 bits per heavy atom. The van der Waals surface area contributed by atoms with Crippen LogP contribution in [0.4, 0.5) is 0 Å². The molecule has 6 nitrogen and oxygen atoms in total. The second-order valence-corrected chi connectivity index (χ2v) is 4.67. The van der Waals surface area contributed by atoms with Crippen LogP contribution < -0.4 is 5.73 Å². The number of likely N-dealkylation sites (tertiary alicyclic amines) is 1. The average molecular weight is 237 g/mol. The first-order chi connectivity index (χ1) is 8.16. The number of hydrogen-bond donors (Lipinski definition) is 1. The van der Waals surface area contributed by atoms with Crippen molar-refractivity contribution in [3.63, 3.8) is 0 Å². The van der Waals surface area contributed by atoms with E-state index < -0.39 is 0 Å². The fourth-order valence-electron chi connectivity index (χ4n) is 2.23. The first-order valence-corrected chi connectivity index (χ1v) is 6.02. The summed E-state index contributed by atoms with van der Waals surface area (Å²) in [5, 5.41) is 3.93. The summed E-state index contributed by atoms with van der Waals surface area (Å²) >= 11 is 0. The molecule has 2 heterocycles. The lowest BCUT2D eigenvalue weighted by atomic mass is 9.91. The number of carbonyl (C=O) groups excluding carboxylic acids is 1. The molecule has 0 bridgehead atoms. The fourth-order valence-corrected chi connectivity index (χ4v) is 2.23. The molecule has 6 heteroatoms. The smallest absolute Gasteiger partial charge is 0.244 e. The van der Waals surface area contributed by atoms with E-state index in [1.165, 1.54) is 6.33 Å². The van der Waals surface area contributed by atoms with Gasteiger partial charge in [0.2, 0.25) is 5.91 Å². The van der Waals surface area contributed by atoms with E-state index in [-0.39, 0.29) is 18.5 Å². The molecule has 17 heavy (non-hydrogen) atoms. The van der Waals surface area contributed by atoms with Gasteiger partial charge in [0, 0.05) is 19.1 Å². The Kier molecular flexibility index (Phi) is 3.73. The van der Waals surface area contributed by atoms with Gasteiger partial charge in [-0.2, -0.15) is 5.10 Å². The second kappa shape index (κ2) is 5.27. The molecule has 1 aromatic heterocycles. The maximum atomic E-state index is 11.9. The first kappa shape index (κ1) is 12.0. The maximum absolute atomic E-state index is 11.9. The molecule has 1 aromatic rings. The van der Waals surface area contributed by atoms with E-state index >= 15 is 0 Å². The highest BCUT2D eigenvalue weighted by Gasteiger charge is 2.24. The van der Waals surface area contributed by atoms with Crippen molar-refractivity contribution in [2.45, 2.75) is 32.4 Å². The minimum Gasteiger partial charge on any atom is -0.341 e. The van der Waals surface area contributed by atoms with Crippen LogP contribution in [0.25, 0.3) is 0 Å². The van der Waals surface area contributed by atoms with E-state index in [1.54, 1.807) is 11.0 Å². The molecule has 1 unspecified atom stereocenters. The van der Waals surface area contributed by atoms with E-state index in [1.807, 2.05) is 11.8 Å². The molecule has 1 fully saturated rings. The third kappa shape index (κ3) is 3.03. The number of aromatic nitrogens is 3. The van der Waals surface area contributed by atoms with Gasteiger partial charge in [-0.3, -0.25) is 4.79 Å². The summed E-state index contributed by atoms with van der Waals surface area (Å²) < 4.78 is 1.56. The number of nitrogens with two attached hydrogens (primary N) is 1. The summed E-state index contributed by atoms with van der Waals surface area (Å²) in [7, 11) is 0. The van der Waals surface area contributed by atoms with Gasteiger partial charge >= 0.3 is 0 Å². The molecule has 1 saturated heterocycles. The van der Waals surface area contributed by atoms with E-state index in [0.29, 0.717) is 5.92 Å². The van der Waals surface area contributed by atoms with Crippen LogP contribution in [0.3, 0.4) is 0 Å². The highest BCUT2D eigenvalue weighted by molar-refractivity contribution is 5.75. The summed E-state index contributed by atoms with van der Waals surface area (Å²) in [6, 6.07) is 0.225. The van der Waals surface area contributed by atoms with Crippen molar-refractivity contribution < 1.29 is 4.79 Å². The summed E-state index contributed by atoms with van der Waals surface area (Å²) in [5.41, 5.74) is 5.87. The number of amides is 1. The van der Waals surface area contributed by atoms with Gasteiger partial charge in [0.25, 0.3) is 0 Å². The van der Waals surface area contributed by atoms with E-state index in [2.05, 4.69) is 10.1 Å². The summed E-state index contributed by atoms with van der Waals surface area (Å²) in [6.07, 6.45) is 5.00. The fraction of sp³-hybridized carbons (Fsp3) is 0.727. The lowest BCUT2D eigenvalue weighted by Crippen LogP contribution is -2.43. The Bertz CT molecular complexity index is 354. The van der Waals surface area contributed by atoms with Crippen LogP contribution in [0, 0.1) is 5.92 Å². The molecule has 94 valence electrons. The molecular weight excluding hydrogens is 218 g/mol. The zero-order chi connectivity index (χ0) is 12.3. The number of hydrogen-bond acceptors (Lipinski definition) is 4. The number of rotatable bonds is 3. The van der Waals surface area contributed by atoms with Gasteiger partial charge in [-0.25, -0.2) is 9.67 Å². The Balaban J connectivity index is 1.82. The van der Waals surface area contributed by atoms with Crippen molar-refractivity contribution in [2.75, 3.05) is 13.1 Å². The quantitative estimate of drug-likeness (QED) is 0.794. The van der Waals surface area contributed by atoms with Gasteiger partial charge in [0.1, 0.15) is 19.2 Å². The summed E-state index contributed by atoms with van der Waals surface area (Å²) in [5.74, 6) is 0.657. The highest BCUT2D eigenvalue weighted by atomic mass is 16.2. The lowest BCUT2D eigenvalue weighted by molar-refractivity contribution is -0.133. The number of nitrogens with zero attached hydrogens (tertiary/aromatic N) is 4. The van der Waals surface area contributed by atoms with Crippen LogP contribution in [0.15, 0.2) is 12.7 Å². The Morgan fingerprint density at radius 1 is 1.53 bits per heavy atom. The third-order valence-electron chi connectivity index (χ3n) is 3.40. The molecule has 0 aliphatic carbocycles. The van der Waals surface area contributed by atoms with Crippen molar-refractivity contribution in [1.29, 1.82) is 0 Å². The first-order valence-electron chi connectivity index (χ1n) is 6.02. The summed E-state index contributed by atoms with van der Waals surface area (Å²) in [4.78, 5) is 17.7. The molecule has 1 atom stereocenters. The van der Waals surface area contributed by atoms with Gasteiger partial charge in [-0.15, -0.1) is 0 Å². The Labute approximate surface area is 101 Å². The SMILES string of the molecule is CC(N)C1CCN(C(=O)Cn2cncn2)CC1. The van der Waals surface area contributed by atoms with Crippen LogP contribution in [-0.4, -0.2) is 44.7 Å². The van der Waals surface area contributed by atoms with Gasteiger partial charge in [-0.1, -0.05) is 0 Å². The molecule has 1 aliphatic rings. The number of piperidine rings is 1. The molecule has 2 rings (SSSR count). The van der Waals surface area contributed by atoms with Crippen LogP contribution in [-0.2, 0) is 11.3 Å². The lowest BCUT2D eigenvalue weighted by Gasteiger charge is -2.33. The van der Waals surface area contributed by atoms with Crippen molar-refractivity contribution in [2.24, 2.45) is 11.7 Å². The molecule has 1 aliphatic heterocycles. The molecule has 1 amide bonds. The van der Waals surface area contributed by atoms with Crippen LogP contribution >= 0.6 is 0 Å². The van der Waals surface area contributed by atoms with E-state index in [0.717, 1.165) is 25.9 Å². The summed E-state index contributed by atoms with van der Waals surface area (Å²) in [6.45, 7) is 3.93. The standard InChI is InChI=1S/C11H19N5O/c1-9(12)10-2-4-15(5-3-10)11(17)6-16-8-13-7-14-16/h7-10H,2-6,12H2,1H3. The van der Waals surface area contributed by atoms with Crippen molar-refractivity contribution in [1.82, 2.24) is 19.7 Å². The minimum atomic E-state index is 0.110. The van der Waals surface area contributed by atoms with Crippen LogP contribution in [0.1, 0.15) is 19.8 Å². The maximum Gasteiger partial charge on any atom is 0.244 e. The molecule has 0 radical (unpaired) electrons. The molecular formula is C11H19N5O. The van der Waals surface area contributed by atoms with Crippen molar-refractivity contribution in [3.8, 4) is 0 Å². The van der Waals surface area contributed by atoms with Crippen molar-refractivity contribution >= 4 is 5.91 Å². The van der Waals surface area contributed by atoms with E-state index in [4.69, 9.17) is 5.73 Å². The number of carbonyl (C=O) groups is 1. The van der Waals surface area contributed by atoms with Gasteiger partial charge < -0.3 is 10.6 Å². The Morgan fingerprint density at radius 3 is 2.76 bits per heavy atom. The third-order valence-corrected chi connectivity index (χ3v) is 3.40. The Hall–Kier alpha value is -1.43. The zero-order valence-corrected chi connectivity index (χ0v) is 10.1. The molecule has 0 aromatic carbocycles. The van der Waals surface area contributed by atoms with Gasteiger partial charge in [0.05, 0.1) is 0 Å². The van der Waals surface area contributed by atoms with Gasteiger partial charge in [0.15, 0.2) is 0 Å². The second-order valence-electron chi connectivity index (χ2n) is 4.67. The predicted octanol–water partition coefficient (Wildman–Crippen LogP) is -0.136. The van der Waals surface area contributed by atoms with E-state index in [9.17, 15) is 4.79 Å². The van der Waals surface area contributed by atoms with Crippen molar-refractivity contribution in [3.05, 3.63) is 12.7 Å². The largest absolute Gasteiger partial charge is 0.341 e. The minimum absolute atomic E-state index is 0.110. The monoisotopic (exact) mass is 237 g/mol. The molecule has 0 spiro atoms. The van der Waals surface area contributed by atoms with Crippen LogP contribution in [0.2, 0.25) is 0 Å².